The fourth-order valence-electron chi connectivity index (χ4n) is 2.87. The number of H-pyrrole nitrogens is 1. The molecule has 2 aromatic carbocycles. The van der Waals surface area contributed by atoms with Crippen LogP contribution >= 0.6 is 0 Å². The fraction of sp³-hybridized carbons (Fsp3) is 0.211. The summed E-state index contributed by atoms with van der Waals surface area (Å²) in [6, 6.07) is 12.4. The lowest BCUT2D eigenvalue weighted by atomic mass is 10.2. The molecule has 1 aliphatic carbocycles. The Balaban J connectivity index is 1.41. The van der Waals surface area contributed by atoms with E-state index in [4.69, 9.17) is 0 Å². The number of sulfonamides is 1. The second kappa shape index (κ2) is 7.76. The number of carbonyl (C=O) groups is 1. The average Bonchev–Trinajstić information content (AvgIpc) is 3.53. The molecule has 0 saturated heterocycles. The van der Waals surface area contributed by atoms with Crippen molar-refractivity contribution in [1.29, 1.82) is 0 Å². The Morgan fingerprint density at radius 1 is 1.07 bits per heavy atom. The summed E-state index contributed by atoms with van der Waals surface area (Å²) >= 11 is 0. The predicted molar refractivity (Wildman–Crippen MR) is 110 cm³/mol. The number of hydrogen-bond acceptors (Lipinski definition) is 6. The third-order valence-corrected chi connectivity index (χ3v) is 6.14. The molecule has 4 N–H and O–H groups in total. The minimum atomic E-state index is -3.55. The summed E-state index contributed by atoms with van der Waals surface area (Å²) in [5.74, 6) is -0.620. The Labute approximate surface area is 171 Å². The van der Waals surface area contributed by atoms with Crippen LogP contribution in [-0.2, 0) is 21.4 Å². The zero-order valence-electron chi connectivity index (χ0n) is 15.7. The molecule has 10 nitrogen and oxygen atoms in total. The number of aromatic amines is 1. The molecule has 0 aliphatic heterocycles. The molecule has 0 unspecified atom stereocenters. The van der Waals surface area contributed by atoms with Gasteiger partial charge in [-0.25, -0.2) is 17.9 Å². The number of amides is 1. The lowest BCUT2D eigenvalue weighted by Gasteiger charge is -2.11. The number of carbonyl (C=O) groups excluding carboxylic acids is 1. The number of hydrogen-bond donors (Lipinski definition) is 4. The highest BCUT2D eigenvalue weighted by Gasteiger charge is 2.27. The second-order valence-electron chi connectivity index (χ2n) is 6.96. The molecule has 1 amide bonds. The fourth-order valence-corrected chi connectivity index (χ4v) is 4.18. The Morgan fingerprint density at radius 2 is 1.77 bits per heavy atom. The highest BCUT2D eigenvalue weighted by molar-refractivity contribution is 7.89. The van der Waals surface area contributed by atoms with E-state index < -0.39 is 33.7 Å². The van der Waals surface area contributed by atoms with Crippen molar-refractivity contribution in [3.63, 3.8) is 0 Å². The van der Waals surface area contributed by atoms with Gasteiger partial charge in [0.15, 0.2) is 0 Å². The topological polar surface area (TPSA) is 142 Å². The van der Waals surface area contributed by atoms with Gasteiger partial charge in [0.25, 0.3) is 11.5 Å². The first-order chi connectivity index (χ1) is 14.3. The SMILES string of the molecule is O=C(Cn1c(=O)[nH]c2ccccc2c1=O)NNc1ccc(S(=O)(=O)NC2CC2)cc1. The van der Waals surface area contributed by atoms with Crippen LogP contribution < -0.4 is 26.8 Å². The van der Waals surface area contributed by atoms with E-state index >= 15 is 0 Å². The predicted octanol–water partition coefficient (Wildman–Crippen LogP) is 0.274. The Bertz CT molecular complexity index is 1320. The lowest BCUT2D eigenvalue weighted by molar-refractivity contribution is -0.121. The molecule has 30 heavy (non-hydrogen) atoms. The van der Waals surface area contributed by atoms with E-state index in [2.05, 4.69) is 20.6 Å². The van der Waals surface area contributed by atoms with Gasteiger partial charge in [-0.1, -0.05) is 12.1 Å². The maximum Gasteiger partial charge on any atom is 0.329 e. The van der Waals surface area contributed by atoms with Crippen LogP contribution in [0.25, 0.3) is 10.9 Å². The minimum absolute atomic E-state index is 0.00810. The maximum atomic E-state index is 12.5. The summed E-state index contributed by atoms with van der Waals surface area (Å²) in [6.07, 6.45) is 1.68. The van der Waals surface area contributed by atoms with Crippen LogP contribution in [-0.4, -0.2) is 29.9 Å². The third kappa shape index (κ3) is 4.26. The zero-order valence-corrected chi connectivity index (χ0v) is 16.5. The van der Waals surface area contributed by atoms with Crippen molar-refractivity contribution in [3.05, 3.63) is 69.4 Å². The summed E-state index contributed by atoms with van der Waals surface area (Å²) in [7, 11) is -3.55. The van der Waals surface area contributed by atoms with Gasteiger partial charge in [-0.05, 0) is 49.2 Å². The van der Waals surface area contributed by atoms with Crippen molar-refractivity contribution < 1.29 is 13.2 Å². The summed E-state index contributed by atoms with van der Waals surface area (Å²) in [4.78, 5) is 39.4. The molecule has 1 heterocycles. The maximum absolute atomic E-state index is 12.5. The Hall–Kier alpha value is -3.44. The third-order valence-electron chi connectivity index (χ3n) is 4.60. The first-order valence-electron chi connectivity index (χ1n) is 9.22. The van der Waals surface area contributed by atoms with Crippen LogP contribution in [0.3, 0.4) is 0 Å². The van der Waals surface area contributed by atoms with Crippen LogP contribution in [0, 0.1) is 0 Å². The van der Waals surface area contributed by atoms with Crippen LogP contribution in [0.5, 0.6) is 0 Å². The van der Waals surface area contributed by atoms with Crippen LogP contribution in [0.1, 0.15) is 12.8 Å². The molecule has 3 aromatic rings. The highest BCUT2D eigenvalue weighted by Crippen LogP contribution is 2.22. The number of fused-ring (bicyclic) bond motifs is 1. The average molecular weight is 429 g/mol. The van der Waals surface area contributed by atoms with E-state index in [1.807, 2.05) is 0 Å². The minimum Gasteiger partial charge on any atom is -0.307 e. The van der Waals surface area contributed by atoms with Gasteiger partial charge in [-0.15, -0.1) is 0 Å². The van der Waals surface area contributed by atoms with Crippen molar-refractivity contribution in [2.75, 3.05) is 5.43 Å². The van der Waals surface area contributed by atoms with E-state index in [1.165, 1.54) is 24.3 Å². The van der Waals surface area contributed by atoms with Gasteiger partial charge < -0.3 is 4.98 Å². The number of nitrogens with zero attached hydrogens (tertiary/aromatic N) is 1. The van der Waals surface area contributed by atoms with E-state index in [-0.39, 0.29) is 10.9 Å². The number of hydrazine groups is 1. The van der Waals surface area contributed by atoms with E-state index in [0.29, 0.717) is 16.6 Å². The molecule has 1 aliphatic rings. The first-order valence-corrected chi connectivity index (χ1v) is 10.7. The van der Waals surface area contributed by atoms with Crippen molar-refractivity contribution in [3.8, 4) is 0 Å². The zero-order chi connectivity index (χ0) is 21.3. The van der Waals surface area contributed by atoms with Crippen molar-refractivity contribution in [2.24, 2.45) is 0 Å². The van der Waals surface area contributed by atoms with Gasteiger partial charge in [0.05, 0.1) is 21.5 Å². The van der Waals surface area contributed by atoms with Crippen molar-refractivity contribution >= 4 is 32.5 Å². The second-order valence-corrected chi connectivity index (χ2v) is 8.67. The molecule has 11 heteroatoms. The molecule has 1 fully saturated rings. The lowest BCUT2D eigenvalue weighted by Crippen LogP contribution is -2.42. The number of anilines is 1. The van der Waals surface area contributed by atoms with Crippen LogP contribution in [0.4, 0.5) is 5.69 Å². The summed E-state index contributed by atoms with van der Waals surface area (Å²) < 4.78 is 27.7. The highest BCUT2D eigenvalue weighted by atomic mass is 32.2. The molecule has 1 saturated carbocycles. The largest absolute Gasteiger partial charge is 0.329 e. The monoisotopic (exact) mass is 429 g/mol. The van der Waals surface area contributed by atoms with Crippen molar-refractivity contribution in [2.45, 2.75) is 30.3 Å². The summed E-state index contributed by atoms with van der Waals surface area (Å²) in [5, 5.41) is 0.300. The molecule has 1 aromatic heterocycles. The molecule has 0 atom stereocenters. The smallest absolute Gasteiger partial charge is 0.307 e. The van der Waals surface area contributed by atoms with Gasteiger partial charge in [0.1, 0.15) is 6.54 Å². The molecule has 0 bridgehead atoms. The number of aromatic nitrogens is 2. The van der Waals surface area contributed by atoms with E-state index in [1.54, 1.807) is 24.3 Å². The van der Waals surface area contributed by atoms with Crippen LogP contribution in [0.15, 0.2) is 63.0 Å². The molecule has 156 valence electrons. The van der Waals surface area contributed by atoms with Gasteiger partial charge >= 0.3 is 5.69 Å². The molecular formula is C19H19N5O5S. The standard InChI is InChI=1S/C19H19N5O5S/c25-17(11-24-18(26)15-3-1-2-4-16(15)20-19(24)27)22-21-12-7-9-14(10-8-12)30(28,29)23-13-5-6-13/h1-4,7-10,13,21,23H,5-6,11H2,(H,20,27)(H,22,25). The van der Waals surface area contributed by atoms with E-state index in [0.717, 1.165) is 17.4 Å². The molecule has 0 spiro atoms. The van der Waals surface area contributed by atoms with Crippen molar-refractivity contribution in [1.82, 2.24) is 19.7 Å². The number of para-hydroxylation sites is 1. The number of rotatable bonds is 7. The first kappa shape index (κ1) is 19.9. The summed E-state index contributed by atoms with van der Waals surface area (Å²) in [5.41, 5.74) is 4.59. The van der Waals surface area contributed by atoms with Gasteiger partial charge in [0, 0.05) is 6.04 Å². The van der Waals surface area contributed by atoms with Gasteiger partial charge in [0.2, 0.25) is 10.0 Å². The number of benzene rings is 2. The summed E-state index contributed by atoms with van der Waals surface area (Å²) in [6.45, 7) is -0.482. The number of nitrogens with one attached hydrogen (secondary N) is 4. The normalized spacial score (nSPS) is 13.9. The van der Waals surface area contributed by atoms with E-state index in [9.17, 15) is 22.8 Å². The Morgan fingerprint density at radius 3 is 2.47 bits per heavy atom. The van der Waals surface area contributed by atoms with Crippen LogP contribution in [0.2, 0.25) is 0 Å². The molecule has 4 rings (SSSR count). The Kier molecular flexibility index (Phi) is 5.14. The van der Waals surface area contributed by atoms with Gasteiger partial charge in [-0.3, -0.25) is 25.0 Å². The molecular weight excluding hydrogens is 410 g/mol. The molecule has 0 radical (unpaired) electrons. The van der Waals surface area contributed by atoms with Gasteiger partial charge in [-0.2, -0.15) is 0 Å². The quantitative estimate of drug-likeness (QED) is 0.397.